The molecule has 2 aromatic rings. The molecule has 8 heteroatoms. The Morgan fingerprint density at radius 1 is 1.22 bits per heavy atom. The molecule has 122 valence electrons. The molecule has 4 nitrogen and oxygen atoms in total. The van der Waals surface area contributed by atoms with Crippen LogP contribution in [0.4, 0.5) is 18.9 Å². The van der Waals surface area contributed by atoms with E-state index in [2.05, 4.69) is 10.5 Å². The first-order valence-corrected chi connectivity index (χ1v) is 6.72. The topological polar surface area (TPSA) is 53.9 Å². The summed E-state index contributed by atoms with van der Waals surface area (Å²) in [5.74, 6) is 0.452. The summed E-state index contributed by atoms with van der Waals surface area (Å²) in [6.07, 6.45) is -3.23. The third kappa shape index (κ3) is 4.29. The maximum Gasteiger partial charge on any atom is 0.416 e. The zero-order chi connectivity index (χ0) is 17.0. The van der Waals surface area contributed by atoms with Gasteiger partial charge in [-0.25, -0.2) is 0 Å². The highest BCUT2D eigenvalue weighted by atomic mass is 35.5. The number of aromatic hydroxyl groups is 1. The smallest absolute Gasteiger partial charge is 0.416 e. The van der Waals surface area contributed by atoms with Gasteiger partial charge < -0.3 is 9.84 Å². The molecule has 0 atom stereocenters. The van der Waals surface area contributed by atoms with Crippen molar-refractivity contribution in [1.82, 2.24) is 0 Å². The molecule has 0 saturated carbocycles. The largest absolute Gasteiger partial charge is 0.507 e. The van der Waals surface area contributed by atoms with Crippen LogP contribution in [0.5, 0.6) is 11.5 Å². The SMILES string of the molecule is COc1ccc(O)c(C=NNc2cc(C(F)(F)F)ccc2Cl)c1. The average molecular weight is 345 g/mol. The highest BCUT2D eigenvalue weighted by Crippen LogP contribution is 2.33. The Balaban J connectivity index is 2.20. The number of nitrogens with zero attached hydrogens (tertiary/aromatic N) is 1. The predicted octanol–water partition coefficient (Wildman–Crippen LogP) is 4.52. The maximum absolute atomic E-state index is 12.7. The molecule has 2 N–H and O–H groups in total. The minimum atomic E-state index is -4.48. The van der Waals surface area contributed by atoms with Crippen molar-refractivity contribution in [3.05, 3.63) is 52.5 Å². The molecule has 0 bridgehead atoms. The van der Waals surface area contributed by atoms with Gasteiger partial charge in [0.25, 0.3) is 0 Å². The Morgan fingerprint density at radius 2 is 1.96 bits per heavy atom. The van der Waals surface area contributed by atoms with Crippen LogP contribution in [0.15, 0.2) is 41.5 Å². The Labute approximate surface area is 135 Å². The lowest BCUT2D eigenvalue weighted by Gasteiger charge is -2.10. The van der Waals surface area contributed by atoms with Crippen LogP contribution in [-0.2, 0) is 6.18 Å². The van der Waals surface area contributed by atoms with Crippen molar-refractivity contribution in [2.75, 3.05) is 12.5 Å². The number of halogens is 4. The van der Waals surface area contributed by atoms with E-state index in [1.54, 1.807) is 6.07 Å². The zero-order valence-electron chi connectivity index (χ0n) is 11.9. The Bertz CT molecular complexity index is 733. The van der Waals surface area contributed by atoms with E-state index in [4.69, 9.17) is 16.3 Å². The Kier molecular flexibility index (Phi) is 5.00. The summed E-state index contributed by atoms with van der Waals surface area (Å²) in [4.78, 5) is 0. The second-order valence-corrected chi connectivity index (χ2v) is 4.89. The van der Waals surface area contributed by atoms with E-state index in [9.17, 15) is 18.3 Å². The number of phenols is 1. The van der Waals surface area contributed by atoms with E-state index < -0.39 is 11.7 Å². The van der Waals surface area contributed by atoms with Gasteiger partial charge in [-0.15, -0.1) is 0 Å². The lowest BCUT2D eigenvalue weighted by Crippen LogP contribution is -2.05. The van der Waals surface area contributed by atoms with Crippen molar-refractivity contribution >= 4 is 23.5 Å². The molecular formula is C15H12ClF3N2O2. The quantitative estimate of drug-likeness (QED) is 0.633. The normalized spacial score (nSPS) is 11.7. The van der Waals surface area contributed by atoms with Crippen molar-refractivity contribution in [2.24, 2.45) is 5.10 Å². The van der Waals surface area contributed by atoms with Crippen molar-refractivity contribution in [3.63, 3.8) is 0 Å². The molecule has 0 saturated heterocycles. The second kappa shape index (κ2) is 6.78. The fourth-order valence-electron chi connectivity index (χ4n) is 1.72. The van der Waals surface area contributed by atoms with Crippen LogP contribution >= 0.6 is 11.6 Å². The van der Waals surface area contributed by atoms with Crippen LogP contribution in [-0.4, -0.2) is 18.4 Å². The molecule has 0 amide bonds. The van der Waals surface area contributed by atoms with Crippen LogP contribution in [0, 0.1) is 0 Å². The van der Waals surface area contributed by atoms with Gasteiger partial charge in [0, 0.05) is 5.56 Å². The number of methoxy groups -OCH3 is 1. The van der Waals surface area contributed by atoms with Gasteiger partial charge in [-0.3, -0.25) is 5.43 Å². The molecule has 0 aliphatic carbocycles. The molecule has 2 rings (SSSR count). The molecule has 0 heterocycles. The molecule has 2 aromatic carbocycles. The molecular weight excluding hydrogens is 333 g/mol. The van der Waals surface area contributed by atoms with Gasteiger partial charge in [-0.1, -0.05) is 11.6 Å². The van der Waals surface area contributed by atoms with Crippen LogP contribution in [0.25, 0.3) is 0 Å². The number of hydrazone groups is 1. The summed E-state index contributed by atoms with van der Waals surface area (Å²) in [7, 11) is 1.47. The first kappa shape index (κ1) is 17.0. The number of alkyl halides is 3. The van der Waals surface area contributed by atoms with Crippen LogP contribution in [0.3, 0.4) is 0 Å². The van der Waals surface area contributed by atoms with Crippen LogP contribution < -0.4 is 10.2 Å². The molecule has 0 aromatic heterocycles. The summed E-state index contributed by atoms with van der Waals surface area (Å²) in [5, 5.41) is 13.6. The summed E-state index contributed by atoms with van der Waals surface area (Å²) >= 11 is 5.83. The van der Waals surface area contributed by atoms with E-state index in [0.29, 0.717) is 11.3 Å². The van der Waals surface area contributed by atoms with E-state index in [1.807, 2.05) is 0 Å². The minimum Gasteiger partial charge on any atom is -0.507 e. The summed E-state index contributed by atoms with van der Waals surface area (Å²) < 4.78 is 43.0. The minimum absolute atomic E-state index is 0.000118. The van der Waals surface area contributed by atoms with Crippen molar-refractivity contribution in [3.8, 4) is 11.5 Å². The van der Waals surface area contributed by atoms with Crippen molar-refractivity contribution < 1.29 is 23.0 Å². The lowest BCUT2D eigenvalue weighted by molar-refractivity contribution is -0.137. The maximum atomic E-state index is 12.7. The van der Waals surface area contributed by atoms with Crippen molar-refractivity contribution in [2.45, 2.75) is 6.18 Å². The predicted molar refractivity (Wildman–Crippen MR) is 82.3 cm³/mol. The number of hydrogen-bond acceptors (Lipinski definition) is 4. The van der Waals surface area contributed by atoms with Crippen molar-refractivity contribution in [1.29, 1.82) is 0 Å². The second-order valence-electron chi connectivity index (χ2n) is 4.49. The van der Waals surface area contributed by atoms with Crippen LogP contribution in [0.2, 0.25) is 5.02 Å². The molecule has 0 aliphatic rings. The molecule has 23 heavy (non-hydrogen) atoms. The Hall–Kier alpha value is -2.41. The number of hydrogen-bond donors (Lipinski definition) is 2. The van der Waals surface area contributed by atoms with E-state index in [-0.39, 0.29) is 16.5 Å². The first-order chi connectivity index (χ1) is 10.8. The first-order valence-electron chi connectivity index (χ1n) is 6.34. The fourth-order valence-corrected chi connectivity index (χ4v) is 1.88. The summed E-state index contributed by atoms with van der Waals surface area (Å²) in [6.45, 7) is 0. The number of rotatable bonds is 4. The average Bonchev–Trinajstić information content (AvgIpc) is 2.49. The number of ether oxygens (including phenoxy) is 1. The van der Waals surface area contributed by atoms with Crippen LogP contribution in [0.1, 0.15) is 11.1 Å². The van der Waals surface area contributed by atoms with Gasteiger partial charge in [0.2, 0.25) is 0 Å². The molecule has 0 aliphatic heterocycles. The van der Waals surface area contributed by atoms with E-state index in [1.165, 1.54) is 25.5 Å². The lowest BCUT2D eigenvalue weighted by atomic mass is 10.2. The van der Waals surface area contributed by atoms with Gasteiger partial charge in [-0.05, 0) is 36.4 Å². The summed E-state index contributed by atoms with van der Waals surface area (Å²) in [6, 6.07) is 7.36. The molecule has 0 radical (unpaired) electrons. The number of phenolic OH excluding ortho intramolecular Hbond substituents is 1. The molecule has 0 spiro atoms. The zero-order valence-corrected chi connectivity index (χ0v) is 12.6. The third-order valence-corrected chi connectivity index (χ3v) is 3.25. The van der Waals surface area contributed by atoms with Gasteiger partial charge in [-0.2, -0.15) is 18.3 Å². The number of nitrogens with one attached hydrogen (secondary N) is 1. The highest BCUT2D eigenvalue weighted by Gasteiger charge is 2.30. The Morgan fingerprint density at radius 3 is 2.61 bits per heavy atom. The van der Waals surface area contributed by atoms with Gasteiger partial charge in [0.15, 0.2) is 0 Å². The van der Waals surface area contributed by atoms with E-state index in [0.717, 1.165) is 18.2 Å². The highest BCUT2D eigenvalue weighted by molar-refractivity contribution is 6.33. The van der Waals surface area contributed by atoms with Gasteiger partial charge in [0.1, 0.15) is 11.5 Å². The monoisotopic (exact) mass is 344 g/mol. The van der Waals surface area contributed by atoms with Gasteiger partial charge >= 0.3 is 6.18 Å². The fraction of sp³-hybridized carbons (Fsp3) is 0.133. The number of benzene rings is 2. The standard InChI is InChI=1S/C15H12ClF3N2O2/c1-23-11-3-5-14(22)9(6-11)8-20-21-13-7-10(15(17,18)19)2-4-12(13)16/h2-8,21-22H,1H3. The third-order valence-electron chi connectivity index (χ3n) is 2.92. The molecule has 0 unspecified atom stereocenters. The number of anilines is 1. The van der Waals surface area contributed by atoms with Gasteiger partial charge in [0.05, 0.1) is 29.6 Å². The molecule has 0 fully saturated rings. The van der Waals surface area contributed by atoms with E-state index >= 15 is 0 Å². The summed E-state index contributed by atoms with van der Waals surface area (Å²) in [5.41, 5.74) is 1.91.